The van der Waals surface area contributed by atoms with E-state index in [0.717, 1.165) is 18.9 Å². The molecule has 0 radical (unpaired) electrons. The first-order valence-corrected chi connectivity index (χ1v) is 8.79. The van der Waals surface area contributed by atoms with Crippen molar-refractivity contribution in [3.05, 3.63) is 0 Å². The van der Waals surface area contributed by atoms with Crippen LogP contribution in [0.2, 0.25) is 0 Å². The lowest BCUT2D eigenvalue weighted by Gasteiger charge is -2.28. The van der Waals surface area contributed by atoms with Gasteiger partial charge in [-0.2, -0.15) is 0 Å². The SMILES string of the molecule is CCC(C)NC(=O)CCNC(=NC)NCC1(CC)CCCC1. The summed E-state index contributed by atoms with van der Waals surface area (Å²) in [6.45, 7) is 7.96. The molecule has 0 spiro atoms. The van der Waals surface area contributed by atoms with E-state index in [2.05, 4.69) is 34.8 Å². The molecule has 0 bridgehead atoms. The van der Waals surface area contributed by atoms with E-state index < -0.39 is 0 Å². The Bertz CT molecular complexity index is 362. The predicted molar refractivity (Wildman–Crippen MR) is 93.1 cm³/mol. The largest absolute Gasteiger partial charge is 0.356 e. The average molecular weight is 310 g/mol. The molecule has 1 aliphatic carbocycles. The maximum atomic E-state index is 11.7. The molecule has 0 saturated heterocycles. The van der Waals surface area contributed by atoms with Crippen LogP contribution in [-0.4, -0.2) is 38.0 Å². The van der Waals surface area contributed by atoms with Crippen LogP contribution in [0.4, 0.5) is 0 Å². The van der Waals surface area contributed by atoms with Gasteiger partial charge in [0.2, 0.25) is 5.91 Å². The molecule has 1 aliphatic rings. The number of hydrogen-bond acceptors (Lipinski definition) is 2. The fourth-order valence-electron chi connectivity index (χ4n) is 3.02. The zero-order valence-electron chi connectivity index (χ0n) is 14.8. The maximum Gasteiger partial charge on any atom is 0.221 e. The van der Waals surface area contributed by atoms with Crippen LogP contribution in [-0.2, 0) is 4.79 Å². The number of carbonyl (C=O) groups excluding carboxylic acids is 1. The van der Waals surface area contributed by atoms with E-state index in [4.69, 9.17) is 0 Å². The highest BCUT2D eigenvalue weighted by molar-refractivity contribution is 5.81. The minimum Gasteiger partial charge on any atom is -0.356 e. The molecule has 1 rings (SSSR count). The molecule has 0 aliphatic heterocycles. The fourth-order valence-corrected chi connectivity index (χ4v) is 3.02. The number of aliphatic imine (C=N–C) groups is 1. The monoisotopic (exact) mass is 310 g/mol. The lowest BCUT2D eigenvalue weighted by atomic mass is 9.83. The summed E-state index contributed by atoms with van der Waals surface area (Å²) in [5.41, 5.74) is 0.436. The standard InChI is InChI=1S/C17H34N4O/c1-5-14(3)21-15(22)9-12-19-16(18-4)20-13-17(6-2)10-7-8-11-17/h14H,5-13H2,1-4H3,(H,21,22)(H2,18,19,20). The number of hydrogen-bond donors (Lipinski definition) is 3. The number of rotatable bonds is 8. The summed E-state index contributed by atoms with van der Waals surface area (Å²) in [5.74, 6) is 0.897. The first kappa shape index (κ1) is 18.8. The molecule has 1 amide bonds. The van der Waals surface area contributed by atoms with Crippen molar-refractivity contribution in [2.45, 2.75) is 71.8 Å². The third-order valence-corrected chi connectivity index (χ3v) is 4.93. The minimum atomic E-state index is 0.0955. The van der Waals surface area contributed by atoms with E-state index >= 15 is 0 Å². The Morgan fingerprint density at radius 3 is 2.45 bits per heavy atom. The quantitative estimate of drug-likeness (QED) is 0.476. The van der Waals surface area contributed by atoms with Crippen molar-refractivity contribution in [2.75, 3.05) is 20.1 Å². The Balaban J connectivity index is 2.26. The summed E-state index contributed by atoms with van der Waals surface area (Å²) in [6.07, 6.45) is 7.96. The highest BCUT2D eigenvalue weighted by Crippen LogP contribution is 2.40. The molecule has 1 unspecified atom stereocenters. The van der Waals surface area contributed by atoms with Gasteiger partial charge in [0, 0.05) is 32.6 Å². The van der Waals surface area contributed by atoms with Crippen LogP contribution < -0.4 is 16.0 Å². The molecule has 1 fully saturated rings. The van der Waals surface area contributed by atoms with Gasteiger partial charge in [-0.15, -0.1) is 0 Å². The molecule has 0 aromatic carbocycles. The zero-order chi connectivity index (χ0) is 16.4. The summed E-state index contributed by atoms with van der Waals surface area (Å²) in [6, 6.07) is 0.247. The third kappa shape index (κ3) is 6.24. The first-order valence-electron chi connectivity index (χ1n) is 8.79. The van der Waals surface area contributed by atoms with Gasteiger partial charge < -0.3 is 16.0 Å². The van der Waals surface area contributed by atoms with Crippen LogP contribution in [0.1, 0.15) is 65.7 Å². The van der Waals surface area contributed by atoms with Crippen molar-refractivity contribution in [3.63, 3.8) is 0 Å². The van der Waals surface area contributed by atoms with Gasteiger partial charge in [-0.05, 0) is 38.0 Å². The van der Waals surface area contributed by atoms with Crippen LogP contribution >= 0.6 is 0 Å². The molecule has 1 saturated carbocycles. The Morgan fingerprint density at radius 2 is 1.91 bits per heavy atom. The van der Waals surface area contributed by atoms with Crippen molar-refractivity contribution < 1.29 is 4.79 Å². The highest BCUT2D eigenvalue weighted by Gasteiger charge is 2.31. The molecular formula is C17H34N4O. The average Bonchev–Trinajstić information content (AvgIpc) is 3.00. The lowest BCUT2D eigenvalue weighted by Crippen LogP contribution is -2.44. The zero-order valence-corrected chi connectivity index (χ0v) is 14.8. The summed E-state index contributed by atoms with van der Waals surface area (Å²) >= 11 is 0. The Labute approximate surface area is 135 Å². The van der Waals surface area contributed by atoms with Crippen LogP contribution in [0.5, 0.6) is 0 Å². The minimum absolute atomic E-state index is 0.0955. The number of nitrogens with zero attached hydrogens (tertiary/aromatic N) is 1. The second-order valence-corrected chi connectivity index (χ2v) is 6.54. The normalized spacial score (nSPS) is 18.8. The third-order valence-electron chi connectivity index (χ3n) is 4.93. The van der Waals surface area contributed by atoms with Crippen LogP contribution in [0.15, 0.2) is 4.99 Å². The van der Waals surface area contributed by atoms with Gasteiger partial charge in [0.1, 0.15) is 0 Å². The molecule has 3 N–H and O–H groups in total. The second-order valence-electron chi connectivity index (χ2n) is 6.54. The molecule has 0 heterocycles. The summed E-state index contributed by atoms with van der Waals surface area (Å²) in [4.78, 5) is 16.0. The van der Waals surface area contributed by atoms with Gasteiger partial charge in [0.05, 0.1) is 0 Å². The molecule has 1 atom stereocenters. The molecule has 128 valence electrons. The van der Waals surface area contributed by atoms with E-state index in [1.54, 1.807) is 7.05 Å². The molecule has 0 aromatic heterocycles. The first-order chi connectivity index (χ1) is 10.5. The Kier molecular flexibility index (Phi) is 8.28. The molecule has 0 aromatic rings. The molecular weight excluding hydrogens is 276 g/mol. The number of amides is 1. The van der Waals surface area contributed by atoms with Gasteiger partial charge in [-0.3, -0.25) is 9.79 Å². The van der Waals surface area contributed by atoms with Crippen molar-refractivity contribution in [1.82, 2.24) is 16.0 Å². The number of nitrogens with one attached hydrogen (secondary N) is 3. The molecule has 5 heteroatoms. The predicted octanol–water partition coefficient (Wildman–Crippen LogP) is 2.43. The van der Waals surface area contributed by atoms with Crippen molar-refractivity contribution >= 4 is 11.9 Å². The number of carbonyl (C=O) groups is 1. The maximum absolute atomic E-state index is 11.7. The van der Waals surface area contributed by atoms with Gasteiger partial charge >= 0.3 is 0 Å². The summed E-state index contributed by atoms with van der Waals surface area (Å²) in [7, 11) is 1.78. The highest BCUT2D eigenvalue weighted by atomic mass is 16.1. The Morgan fingerprint density at radius 1 is 1.23 bits per heavy atom. The summed E-state index contributed by atoms with van der Waals surface area (Å²) in [5, 5.41) is 9.64. The van der Waals surface area contributed by atoms with E-state index in [1.165, 1.54) is 32.1 Å². The Hall–Kier alpha value is -1.26. The van der Waals surface area contributed by atoms with E-state index in [-0.39, 0.29) is 11.9 Å². The number of guanidine groups is 1. The molecule has 5 nitrogen and oxygen atoms in total. The van der Waals surface area contributed by atoms with E-state index in [9.17, 15) is 4.79 Å². The fraction of sp³-hybridized carbons (Fsp3) is 0.882. The van der Waals surface area contributed by atoms with Crippen molar-refractivity contribution in [1.29, 1.82) is 0 Å². The van der Waals surface area contributed by atoms with Crippen molar-refractivity contribution in [2.24, 2.45) is 10.4 Å². The smallest absolute Gasteiger partial charge is 0.221 e. The second kappa shape index (κ2) is 9.70. The topological polar surface area (TPSA) is 65.5 Å². The van der Waals surface area contributed by atoms with Crippen molar-refractivity contribution in [3.8, 4) is 0 Å². The van der Waals surface area contributed by atoms with Crippen LogP contribution in [0.25, 0.3) is 0 Å². The van der Waals surface area contributed by atoms with E-state index in [1.807, 2.05) is 6.92 Å². The van der Waals surface area contributed by atoms with Gasteiger partial charge in [0.15, 0.2) is 5.96 Å². The lowest BCUT2D eigenvalue weighted by molar-refractivity contribution is -0.121. The van der Waals surface area contributed by atoms with Crippen LogP contribution in [0, 0.1) is 5.41 Å². The van der Waals surface area contributed by atoms with Gasteiger partial charge in [-0.1, -0.05) is 26.7 Å². The van der Waals surface area contributed by atoms with Gasteiger partial charge in [-0.25, -0.2) is 0 Å². The van der Waals surface area contributed by atoms with Gasteiger partial charge in [0.25, 0.3) is 0 Å². The summed E-state index contributed by atoms with van der Waals surface area (Å²) < 4.78 is 0. The molecule has 22 heavy (non-hydrogen) atoms. The van der Waals surface area contributed by atoms with Crippen LogP contribution in [0.3, 0.4) is 0 Å². The van der Waals surface area contributed by atoms with E-state index in [0.29, 0.717) is 18.4 Å².